The number of carbonyl (C=O) groups excluding carboxylic acids is 2. The Balaban J connectivity index is 0.000000636. The summed E-state index contributed by atoms with van der Waals surface area (Å²) >= 11 is 0. The maximum atomic E-state index is 11.8. The zero-order valence-electron chi connectivity index (χ0n) is 17.8. The quantitative estimate of drug-likeness (QED) is 0.585. The van der Waals surface area contributed by atoms with Crippen molar-refractivity contribution >= 4 is 17.7 Å². The monoisotopic (exact) mass is 378 g/mol. The van der Waals surface area contributed by atoms with E-state index in [-0.39, 0.29) is 41.0 Å². The Morgan fingerprint density at radius 3 is 1.67 bits per heavy atom. The maximum Gasteiger partial charge on any atom is 0.309 e. The van der Waals surface area contributed by atoms with Gasteiger partial charge in [0.1, 0.15) is 0 Å². The van der Waals surface area contributed by atoms with E-state index in [4.69, 9.17) is 9.84 Å². The summed E-state index contributed by atoms with van der Waals surface area (Å²) in [5, 5.41) is 8.52. The lowest BCUT2D eigenvalue weighted by Crippen LogP contribution is -2.29. The highest BCUT2D eigenvalue weighted by Gasteiger charge is 2.28. The lowest BCUT2D eigenvalue weighted by Gasteiger charge is -2.25. The average molecular weight is 379 g/mol. The molecule has 27 heavy (non-hydrogen) atoms. The first-order chi connectivity index (χ1) is 12.2. The minimum Gasteiger partial charge on any atom is -0.481 e. The summed E-state index contributed by atoms with van der Waals surface area (Å²) in [6.07, 6.45) is 0. The molecule has 5 nitrogen and oxygen atoms in total. The summed E-state index contributed by atoms with van der Waals surface area (Å²) in [7, 11) is 0. The number of carbonyl (C=O) groups is 3. The zero-order valence-corrected chi connectivity index (χ0v) is 17.8. The van der Waals surface area contributed by atoms with Gasteiger partial charge in [0.05, 0.1) is 11.8 Å². The Labute approximate surface area is 163 Å². The number of esters is 1. The van der Waals surface area contributed by atoms with Crippen LogP contribution >= 0.6 is 0 Å². The van der Waals surface area contributed by atoms with E-state index in [0.29, 0.717) is 5.56 Å². The number of hydrogen-bond acceptors (Lipinski definition) is 4. The van der Waals surface area contributed by atoms with Crippen molar-refractivity contribution in [2.24, 2.45) is 22.7 Å². The van der Waals surface area contributed by atoms with Crippen LogP contribution in [0.15, 0.2) is 30.3 Å². The summed E-state index contributed by atoms with van der Waals surface area (Å²) in [6, 6.07) is 8.83. The Bertz CT molecular complexity index is 620. The van der Waals surface area contributed by atoms with Crippen LogP contribution in [-0.4, -0.2) is 29.4 Å². The Hall–Kier alpha value is -2.17. The van der Waals surface area contributed by atoms with Gasteiger partial charge in [0.2, 0.25) is 0 Å². The van der Waals surface area contributed by atoms with Crippen molar-refractivity contribution in [3.63, 3.8) is 0 Å². The molecule has 1 aromatic rings. The number of Topliss-reactive ketones (excluding diaryl/α,β-unsaturated/α-hetero) is 1. The van der Waals surface area contributed by atoms with Crippen molar-refractivity contribution in [2.45, 2.75) is 55.4 Å². The third-order valence-corrected chi connectivity index (χ3v) is 4.76. The molecule has 0 unspecified atom stereocenters. The molecule has 0 heterocycles. The number of carboxylic acids is 1. The minimum atomic E-state index is -0.720. The number of rotatable bonds is 5. The second kappa shape index (κ2) is 10.2. The molecular formula is C22H34O5. The molecule has 1 rings (SSSR count). The number of hydrogen-bond donors (Lipinski definition) is 1. The number of ether oxygens (including phenoxy) is 1. The largest absolute Gasteiger partial charge is 0.481 e. The minimum absolute atomic E-state index is 0.119. The number of aliphatic carboxylic acids is 1. The normalized spacial score (nSPS) is 13.6. The standard InChI is InChI=1S/C15H20O3.C7H14O2/c1-11(15(2,3)4)14(17)18-10-13(16)12-8-6-5-7-9-12;1-5(6(8)9)7(2,3)4/h5-9,11H,10H2,1-4H3;5H,1-4H3,(H,8,9)/t11-;5-/m00/s1. The lowest BCUT2D eigenvalue weighted by molar-refractivity contribution is -0.150. The highest BCUT2D eigenvalue weighted by Crippen LogP contribution is 2.26. The summed E-state index contributed by atoms with van der Waals surface area (Å²) in [5.74, 6) is -1.72. The summed E-state index contributed by atoms with van der Waals surface area (Å²) in [6.45, 7) is 15.0. The fourth-order valence-corrected chi connectivity index (χ4v) is 1.69. The van der Waals surface area contributed by atoms with Crippen LogP contribution in [0, 0.1) is 22.7 Å². The summed E-state index contributed by atoms with van der Waals surface area (Å²) < 4.78 is 5.06. The predicted molar refractivity (Wildman–Crippen MR) is 107 cm³/mol. The van der Waals surface area contributed by atoms with Gasteiger partial charge in [0.25, 0.3) is 0 Å². The van der Waals surface area contributed by atoms with E-state index < -0.39 is 5.97 Å². The van der Waals surface area contributed by atoms with E-state index in [0.717, 1.165) is 0 Å². The van der Waals surface area contributed by atoms with E-state index in [1.165, 1.54) is 0 Å². The molecule has 0 aromatic heterocycles. The van der Waals surface area contributed by atoms with Crippen LogP contribution in [0.2, 0.25) is 0 Å². The summed E-state index contributed by atoms with van der Waals surface area (Å²) in [5.41, 5.74) is 0.285. The molecule has 0 spiro atoms. The van der Waals surface area contributed by atoms with Crippen molar-refractivity contribution < 1.29 is 24.2 Å². The van der Waals surface area contributed by atoms with Crippen molar-refractivity contribution in [3.05, 3.63) is 35.9 Å². The molecule has 0 aliphatic rings. The summed E-state index contributed by atoms with van der Waals surface area (Å²) in [4.78, 5) is 33.8. The fraction of sp³-hybridized carbons (Fsp3) is 0.591. The van der Waals surface area contributed by atoms with E-state index in [1.54, 1.807) is 31.2 Å². The Morgan fingerprint density at radius 2 is 1.33 bits per heavy atom. The molecule has 1 aromatic carbocycles. The number of ketones is 1. The van der Waals surface area contributed by atoms with E-state index in [2.05, 4.69) is 0 Å². The van der Waals surface area contributed by atoms with Crippen molar-refractivity contribution in [2.75, 3.05) is 6.61 Å². The van der Waals surface area contributed by atoms with E-state index in [1.807, 2.05) is 54.5 Å². The van der Waals surface area contributed by atoms with Crippen LogP contribution in [-0.2, 0) is 14.3 Å². The first kappa shape index (κ1) is 24.8. The molecule has 0 bridgehead atoms. The molecule has 1 N–H and O–H groups in total. The molecule has 5 heteroatoms. The van der Waals surface area contributed by atoms with Gasteiger partial charge in [-0.05, 0) is 10.8 Å². The molecule has 2 atom stereocenters. The van der Waals surface area contributed by atoms with Crippen LogP contribution in [0.25, 0.3) is 0 Å². The molecule has 152 valence electrons. The van der Waals surface area contributed by atoms with Gasteiger partial charge in [0, 0.05) is 5.56 Å². The second-order valence-electron chi connectivity index (χ2n) is 8.91. The highest BCUT2D eigenvalue weighted by molar-refractivity contribution is 5.97. The van der Waals surface area contributed by atoms with Crippen LogP contribution in [0.5, 0.6) is 0 Å². The number of carboxylic acid groups (broad SMARTS) is 1. The molecule has 0 saturated heterocycles. The first-order valence-corrected chi connectivity index (χ1v) is 9.15. The van der Waals surface area contributed by atoms with Gasteiger partial charge in [-0.1, -0.05) is 85.7 Å². The molecule has 0 radical (unpaired) electrons. The predicted octanol–water partition coefficient (Wildman–Crippen LogP) is 4.85. The van der Waals surface area contributed by atoms with Crippen molar-refractivity contribution in [1.82, 2.24) is 0 Å². The van der Waals surface area contributed by atoms with Gasteiger partial charge in [-0.2, -0.15) is 0 Å². The van der Waals surface area contributed by atoms with Crippen molar-refractivity contribution in [3.8, 4) is 0 Å². The van der Waals surface area contributed by atoms with Gasteiger partial charge in [-0.3, -0.25) is 14.4 Å². The molecule has 0 aliphatic heterocycles. The molecular weight excluding hydrogens is 344 g/mol. The second-order valence-corrected chi connectivity index (χ2v) is 8.91. The Morgan fingerprint density at radius 1 is 0.889 bits per heavy atom. The van der Waals surface area contributed by atoms with Crippen LogP contribution < -0.4 is 0 Å². The molecule has 0 saturated carbocycles. The highest BCUT2D eigenvalue weighted by atomic mass is 16.5. The van der Waals surface area contributed by atoms with Crippen LogP contribution in [0.3, 0.4) is 0 Å². The van der Waals surface area contributed by atoms with Gasteiger partial charge in [0.15, 0.2) is 12.4 Å². The topological polar surface area (TPSA) is 80.7 Å². The smallest absolute Gasteiger partial charge is 0.309 e. The fourth-order valence-electron chi connectivity index (χ4n) is 1.69. The Kier molecular flexibility index (Phi) is 9.42. The zero-order chi connectivity index (χ0) is 21.4. The molecule has 0 fully saturated rings. The van der Waals surface area contributed by atoms with Gasteiger partial charge < -0.3 is 9.84 Å². The number of benzene rings is 1. The van der Waals surface area contributed by atoms with Crippen molar-refractivity contribution in [1.29, 1.82) is 0 Å². The maximum absolute atomic E-state index is 11.8. The van der Waals surface area contributed by atoms with Gasteiger partial charge in [-0.25, -0.2) is 0 Å². The van der Waals surface area contributed by atoms with Crippen LogP contribution in [0.4, 0.5) is 0 Å². The average Bonchev–Trinajstić information content (AvgIpc) is 2.57. The van der Waals surface area contributed by atoms with E-state index >= 15 is 0 Å². The third kappa shape index (κ3) is 9.36. The third-order valence-electron chi connectivity index (χ3n) is 4.76. The lowest BCUT2D eigenvalue weighted by atomic mass is 9.82. The SMILES string of the molecule is C[C@@H](C(=O)O)C(C)(C)C.C[C@@H](C(=O)OCC(=O)c1ccccc1)C(C)(C)C. The van der Waals surface area contributed by atoms with Gasteiger partial charge >= 0.3 is 11.9 Å². The van der Waals surface area contributed by atoms with Gasteiger partial charge in [-0.15, -0.1) is 0 Å². The van der Waals surface area contributed by atoms with E-state index in [9.17, 15) is 14.4 Å². The molecule has 0 amide bonds. The first-order valence-electron chi connectivity index (χ1n) is 9.15. The molecule has 0 aliphatic carbocycles. The van der Waals surface area contributed by atoms with Crippen LogP contribution in [0.1, 0.15) is 65.7 Å².